The van der Waals surface area contributed by atoms with Crippen LogP contribution in [0.25, 0.3) is 0 Å². The average Bonchev–Trinajstić information content (AvgIpc) is 2.86. The van der Waals surface area contributed by atoms with Crippen molar-refractivity contribution in [3.8, 4) is 0 Å². The Morgan fingerprint density at radius 3 is 1.59 bits per heavy atom. The van der Waals surface area contributed by atoms with E-state index in [1.165, 1.54) is 23.7 Å². The largest absolute Gasteiger partial charge is 0.0530 e. The van der Waals surface area contributed by atoms with Crippen LogP contribution >= 0.6 is 0 Å². The Morgan fingerprint density at radius 2 is 0.882 bits per heavy atom. The maximum absolute atomic E-state index is 1.62. The molecule has 4 rings (SSSR count). The molecule has 0 aromatic carbocycles. The van der Waals surface area contributed by atoms with Crippen LogP contribution < -0.4 is 0 Å². The van der Waals surface area contributed by atoms with Gasteiger partial charge in [-0.25, -0.2) is 0 Å². The van der Waals surface area contributed by atoms with Gasteiger partial charge in [0.25, 0.3) is 0 Å². The van der Waals surface area contributed by atoms with Crippen molar-refractivity contribution in [2.75, 3.05) is 0 Å². The fourth-order valence-electron chi connectivity index (χ4n) is 6.45. The summed E-state index contributed by atoms with van der Waals surface area (Å²) in [6.45, 7) is 0. The lowest BCUT2D eigenvalue weighted by Gasteiger charge is -2.51. The van der Waals surface area contributed by atoms with E-state index in [4.69, 9.17) is 0 Å². The molecule has 4 aliphatic rings. The van der Waals surface area contributed by atoms with Crippen molar-refractivity contribution in [3.05, 3.63) is 0 Å². The summed E-state index contributed by atoms with van der Waals surface area (Å²) in [5, 5.41) is 0. The molecule has 6 atom stereocenters. The molecule has 0 heteroatoms. The van der Waals surface area contributed by atoms with Gasteiger partial charge in [0.15, 0.2) is 0 Å². The van der Waals surface area contributed by atoms with E-state index in [2.05, 4.69) is 0 Å². The van der Waals surface area contributed by atoms with Crippen molar-refractivity contribution in [1.29, 1.82) is 0 Å². The molecule has 0 aromatic heterocycles. The molecule has 0 saturated heterocycles. The summed E-state index contributed by atoms with van der Waals surface area (Å²) in [7, 11) is 0. The molecular weight excluding hydrogens is 204 g/mol. The zero-order chi connectivity index (χ0) is 11.2. The van der Waals surface area contributed by atoms with Crippen molar-refractivity contribution in [3.63, 3.8) is 0 Å². The summed E-state index contributed by atoms with van der Waals surface area (Å²) in [4.78, 5) is 0. The molecule has 0 amide bonds. The minimum absolute atomic E-state index is 1.16. The van der Waals surface area contributed by atoms with Crippen molar-refractivity contribution in [1.82, 2.24) is 0 Å². The highest BCUT2D eigenvalue weighted by Crippen LogP contribution is 2.57. The Kier molecular flexibility index (Phi) is 2.74. The fraction of sp³-hybridized carbons (Fsp3) is 1.00. The third-order valence-corrected chi connectivity index (χ3v) is 7.08. The molecule has 17 heavy (non-hydrogen) atoms. The summed E-state index contributed by atoms with van der Waals surface area (Å²) in [6, 6.07) is 0. The minimum Gasteiger partial charge on any atom is -0.0530 e. The van der Waals surface area contributed by atoms with Crippen LogP contribution in [0.4, 0.5) is 0 Å². The normalized spacial score (nSPS) is 53.6. The maximum Gasteiger partial charge on any atom is -0.0352 e. The average molecular weight is 232 g/mol. The van der Waals surface area contributed by atoms with Crippen molar-refractivity contribution in [2.24, 2.45) is 35.5 Å². The van der Waals surface area contributed by atoms with Crippen LogP contribution in [0.2, 0.25) is 0 Å². The predicted octanol–water partition coefficient (Wildman–Crippen LogP) is 5.03. The molecule has 0 heterocycles. The second-order valence-electron chi connectivity index (χ2n) is 7.55. The molecule has 96 valence electrons. The first-order valence-electron chi connectivity index (χ1n) is 8.43. The first-order valence-corrected chi connectivity index (χ1v) is 8.43. The van der Waals surface area contributed by atoms with E-state index < -0.39 is 0 Å². The number of hydrogen-bond acceptors (Lipinski definition) is 0. The van der Waals surface area contributed by atoms with Crippen LogP contribution in [-0.4, -0.2) is 0 Å². The van der Waals surface area contributed by atoms with Gasteiger partial charge < -0.3 is 0 Å². The third-order valence-electron chi connectivity index (χ3n) is 7.08. The summed E-state index contributed by atoms with van der Waals surface area (Å²) in [5.74, 6) is 7.02. The van der Waals surface area contributed by atoms with E-state index in [9.17, 15) is 0 Å². The Bertz CT molecular complexity index is 282. The molecule has 0 bridgehead atoms. The van der Waals surface area contributed by atoms with Crippen molar-refractivity contribution >= 4 is 0 Å². The summed E-state index contributed by atoms with van der Waals surface area (Å²) < 4.78 is 0. The highest BCUT2D eigenvalue weighted by molar-refractivity contribution is 4.98. The van der Waals surface area contributed by atoms with Crippen molar-refractivity contribution < 1.29 is 0 Å². The molecule has 0 aliphatic heterocycles. The van der Waals surface area contributed by atoms with Gasteiger partial charge in [0.05, 0.1) is 0 Å². The predicted molar refractivity (Wildman–Crippen MR) is 71.7 cm³/mol. The van der Waals surface area contributed by atoms with Gasteiger partial charge >= 0.3 is 0 Å². The summed E-state index contributed by atoms with van der Waals surface area (Å²) >= 11 is 0. The quantitative estimate of drug-likeness (QED) is 0.549. The SMILES string of the molecule is C1CCC2C(C1)CC[C@@H]1C2CC[C@@H]2CCCC21. The number of fused-ring (bicyclic) bond motifs is 5. The Labute approximate surface area is 107 Å². The summed E-state index contributed by atoms with van der Waals surface area (Å²) in [6.07, 6.45) is 17.5. The molecule has 0 spiro atoms. The molecule has 4 unspecified atom stereocenters. The van der Waals surface area contributed by atoms with E-state index >= 15 is 0 Å². The molecule has 4 aliphatic carbocycles. The van der Waals surface area contributed by atoms with Crippen LogP contribution in [0.5, 0.6) is 0 Å². The lowest BCUT2D eigenvalue weighted by Crippen LogP contribution is -2.43. The van der Waals surface area contributed by atoms with E-state index in [0.29, 0.717) is 0 Å². The van der Waals surface area contributed by atoms with E-state index in [-0.39, 0.29) is 0 Å². The maximum atomic E-state index is 1.62. The smallest absolute Gasteiger partial charge is 0.0352 e. The van der Waals surface area contributed by atoms with Gasteiger partial charge in [0.2, 0.25) is 0 Å². The Balaban J connectivity index is 1.56. The first-order chi connectivity index (χ1) is 8.43. The zero-order valence-electron chi connectivity index (χ0n) is 11.2. The molecule has 0 aromatic rings. The lowest BCUT2D eigenvalue weighted by molar-refractivity contribution is -0.0184. The van der Waals surface area contributed by atoms with Crippen molar-refractivity contribution in [2.45, 2.75) is 70.6 Å². The molecule has 4 fully saturated rings. The highest BCUT2D eigenvalue weighted by Gasteiger charge is 2.48. The van der Waals surface area contributed by atoms with Crippen LogP contribution in [0.15, 0.2) is 0 Å². The van der Waals surface area contributed by atoms with Gasteiger partial charge in [-0.15, -0.1) is 0 Å². The molecule has 0 N–H and O–H groups in total. The number of hydrogen-bond donors (Lipinski definition) is 0. The highest BCUT2D eigenvalue weighted by atomic mass is 14.5. The van der Waals surface area contributed by atoms with Gasteiger partial charge in [0.1, 0.15) is 0 Å². The van der Waals surface area contributed by atoms with Gasteiger partial charge in [0, 0.05) is 0 Å². The topological polar surface area (TPSA) is 0 Å². The van der Waals surface area contributed by atoms with Gasteiger partial charge in [-0.05, 0) is 74.0 Å². The summed E-state index contributed by atoms with van der Waals surface area (Å²) in [5.41, 5.74) is 0. The Morgan fingerprint density at radius 1 is 0.353 bits per heavy atom. The monoisotopic (exact) mass is 232 g/mol. The minimum atomic E-state index is 1.16. The van der Waals surface area contributed by atoms with Gasteiger partial charge in [-0.2, -0.15) is 0 Å². The van der Waals surface area contributed by atoms with Crippen LogP contribution in [0, 0.1) is 35.5 Å². The Hall–Kier alpha value is 0. The molecule has 0 radical (unpaired) electrons. The van der Waals surface area contributed by atoms with E-state index in [1.54, 1.807) is 70.6 Å². The van der Waals surface area contributed by atoms with E-state index in [1.807, 2.05) is 0 Å². The van der Waals surface area contributed by atoms with Crippen LogP contribution in [0.1, 0.15) is 70.6 Å². The lowest BCUT2D eigenvalue weighted by atomic mass is 9.54. The molecule has 4 saturated carbocycles. The van der Waals surface area contributed by atoms with Gasteiger partial charge in [-0.3, -0.25) is 0 Å². The second-order valence-corrected chi connectivity index (χ2v) is 7.55. The van der Waals surface area contributed by atoms with Gasteiger partial charge in [-0.1, -0.05) is 32.1 Å². The van der Waals surface area contributed by atoms with Crippen LogP contribution in [0.3, 0.4) is 0 Å². The van der Waals surface area contributed by atoms with Crippen LogP contribution in [-0.2, 0) is 0 Å². The fourth-order valence-corrected chi connectivity index (χ4v) is 6.45. The zero-order valence-corrected chi connectivity index (χ0v) is 11.2. The molecular formula is C17H28. The van der Waals surface area contributed by atoms with E-state index in [0.717, 1.165) is 11.8 Å². The molecule has 0 nitrogen and oxygen atoms in total. The number of rotatable bonds is 0. The third kappa shape index (κ3) is 1.70. The second kappa shape index (κ2) is 4.28. The standard InChI is InChI=1S/C17H28/c1-2-6-14-12(4-1)8-10-17-15-7-3-5-13(15)9-11-16(14)17/h12-17H,1-11H2/t12?,13-,14?,15?,16?,17-/m0/s1. The first kappa shape index (κ1) is 10.9.